The molecule has 0 aliphatic rings. The topological polar surface area (TPSA) is 64.0 Å². The fraction of sp³-hybridized carbons (Fsp3) is 0.240. The van der Waals surface area contributed by atoms with Gasteiger partial charge >= 0.3 is 0 Å². The Morgan fingerprint density at radius 1 is 1.06 bits per heavy atom. The summed E-state index contributed by atoms with van der Waals surface area (Å²) in [6.07, 6.45) is 4.91. The SMILES string of the molecule is CCCCc1ccc(NC(=O)c2sc3ncn(Cc4ccccc4)c(=O)c3c2C)cc1. The maximum atomic E-state index is 13.1. The van der Waals surface area contributed by atoms with Gasteiger partial charge in [0.1, 0.15) is 4.83 Å². The van der Waals surface area contributed by atoms with Crippen LogP contribution in [0.2, 0.25) is 0 Å². The third kappa shape index (κ3) is 4.59. The van der Waals surface area contributed by atoms with Crippen LogP contribution in [0.25, 0.3) is 10.2 Å². The first-order valence-corrected chi connectivity index (χ1v) is 11.3. The smallest absolute Gasteiger partial charge is 0.266 e. The summed E-state index contributed by atoms with van der Waals surface area (Å²) < 4.78 is 1.59. The fourth-order valence-electron chi connectivity index (χ4n) is 3.59. The molecular formula is C25H25N3O2S. The highest BCUT2D eigenvalue weighted by Gasteiger charge is 2.19. The highest BCUT2D eigenvalue weighted by Crippen LogP contribution is 2.28. The molecule has 0 bridgehead atoms. The van der Waals surface area contributed by atoms with Crippen molar-refractivity contribution in [3.63, 3.8) is 0 Å². The summed E-state index contributed by atoms with van der Waals surface area (Å²) in [6.45, 7) is 4.44. The molecule has 0 aliphatic carbocycles. The number of carbonyl (C=O) groups excluding carboxylic acids is 1. The molecule has 5 nitrogen and oxygen atoms in total. The third-order valence-corrected chi connectivity index (χ3v) is 6.55. The van der Waals surface area contributed by atoms with Crippen molar-refractivity contribution in [2.24, 2.45) is 0 Å². The van der Waals surface area contributed by atoms with Crippen molar-refractivity contribution in [2.45, 2.75) is 39.7 Å². The van der Waals surface area contributed by atoms with Gasteiger partial charge in [-0.15, -0.1) is 11.3 Å². The van der Waals surface area contributed by atoms with Crippen LogP contribution >= 0.6 is 11.3 Å². The molecule has 4 aromatic rings. The number of benzene rings is 2. The Bertz CT molecular complexity index is 1260. The molecule has 1 N–H and O–H groups in total. The highest BCUT2D eigenvalue weighted by molar-refractivity contribution is 7.20. The first-order chi connectivity index (χ1) is 15.1. The lowest BCUT2D eigenvalue weighted by molar-refractivity contribution is 0.103. The molecule has 0 fully saturated rings. The van der Waals surface area contributed by atoms with Crippen molar-refractivity contribution in [2.75, 3.05) is 5.32 Å². The summed E-state index contributed by atoms with van der Waals surface area (Å²) in [7, 11) is 0. The second-order valence-electron chi connectivity index (χ2n) is 7.65. The summed E-state index contributed by atoms with van der Waals surface area (Å²) in [6, 6.07) is 17.7. The minimum absolute atomic E-state index is 0.123. The second kappa shape index (κ2) is 9.27. The van der Waals surface area contributed by atoms with Gasteiger partial charge in [0.25, 0.3) is 11.5 Å². The summed E-state index contributed by atoms with van der Waals surface area (Å²) in [5.74, 6) is -0.212. The number of aromatic nitrogens is 2. The highest BCUT2D eigenvalue weighted by atomic mass is 32.1. The van der Waals surface area contributed by atoms with E-state index in [-0.39, 0.29) is 11.5 Å². The minimum atomic E-state index is -0.212. The summed E-state index contributed by atoms with van der Waals surface area (Å²) in [5.41, 5.74) is 3.59. The molecule has 2 heterocycles. The number of nitrogens with one attached hydrogen (secondary N) is 1. The Morgan fingerprint density at radius 2 is 1.81 bits per heavy atom. The van der Waals surface area contributed by atoms with Gasteiger partial charge in [0.05, 0.1) is 23.1 Å². The van der Waals surface area contributed by atoms with Crippen LogP contribution < -0.4 is 10.9 Å². The molecule has 4 rings (SSSR count). The average Bonchev–Trinajstić information content (AvgIpc) is 3.13. The molecule has 0 spiro atoms. The van der Waals surface area contributed by atoms with Crippen LogP contribution in [0.4, 0.5) is 5.69 Å². The zero-order valence-electron chi connectivity index (χ0n) is 17.7. The lowest BCUT2D eigenvalue weighted by Gasteiger charge is -2.06. The lowest BCUT2D eigenvalue weighted by atomic mass is 10.1. The van der Waals surface area contributed by atoms with E-state index in [1.165, 1.54) is 16.9 Å². The molecule has 0 atom stereocenters. The molecule has 1 amide bonds. The van der Waals surface area contributed by atoms with Crippen LogP contribution in [0.15, 0.2) is 65.7 Å². The van der Waals surface area contributed by atoms with Crippen LogP contribution in [-0.2, 0) is 13.0 Å². The second-order valence-corrected chi connectivity index (χ2v) is 8.65. The van der Waals surface area contributed by atoms with Crippen molar-refractivity contribution in [3.05, 3.63) is 92.8 Å². The normalized spacial score (nSPS) is 11.0. The number of hydrogen-bond acceptors (Lipinski definition) is 4. The van der Waals surface area contributed by atoms with Crippen LogP contribution in [-0.4, -0.2) is 15.5 Å². The van der Waals surface area contributed by atoms with Gasteiger partial charge in [-0.3, -0.25) is 14.2 Å². The van der Waals surface area contributed by atoms with E-state index in [0.717, 1.165) is 30.5 Å². The van der Waals surface area contributed by atoms with Crippen LogP contribution in [0.5, 0.6) is 0 Å². The van der Waals surface area contributed by atoms with Gasteiger partial charge in [-0.25, -0.2) is 4.98 Å². The molecule has 0 saturated carbocycles. The Balaban J connectivity index is 1.58. The Kier molecular flexibility index (Phi) is 6.28. The van der Waals surface area contributed by atoms with E-state index in [0.29, 0.717) is 27.2 Å². The number of aryl methyl sites for hydroxylation is 2. The summed E-state index contributed by atoms with van der Waals surface area (Å²) in [5, 5.41) is 3.47. The molecule has 2 aromatic heterocycles. The van der Waals surface area contributed by atoms with Gasteiger partial charge in [0.2, 0.25) is 0 Å². The lowest BCUT2D eigenvalue weighted by Crippen LogP contribution is -2.21. The van der Waals surface area contributed by atoms with E-state index < -0.39 is 0 Å². The summed E-state index contributed by atoms with van der Waals surface area (Å²) in [4.78, 5) is 31.5. The number of amides is 1. The first-order valence-electron chi connectivity index (χ1n) is 10.5. The van der Waals surface area contributed by atoms with E-state index in [1.54, 1.807) is 10.9 Å². The molecular weight excluding hydrogens is 406 g/mol. The van der Waals surface area contributed by atoms with Gasteiger partial charge < -0.3 is 5.32 Å². The average molecular weight is 432 g/mol. The van der Waals surface area contributed by atoms with Gasteiger partial charge in [-0.2, -0.15) is 0 Å². The van der Waals surface area contributed by atoms with Gasteiger partial charge in [0.15, 0.2) is 0 Å². The number of fused-ring (bicyclic) bond motifs is 1. The number of nitrogens with zero attached hydrogens (tertiary/aromatic N) is 2. The number of unbranched alkanes of at least 4 members (excludes halogenated alkanes) is 1. The van der Waals surface area contributed by atoms with Crippen molar-refractivity contribution >= 4 is 33.1 Å². The molecule has 0 saturated heterocycles. The Morgan fingerprint density at radius 3 is 2.52 bits per heavy atom. The van der Waals surface area contributed by atoms with Crippen LogP contribution in [0, 0.1) is 6.92 Å². The Hall–Kier alpha value is -3.25. The van der Waals surface area contributed by atoms with Gasteiger partial charge in [0, 0.05) is 5.69 Å². The number of thiophene rings is 1. The van der Waals surface area contributed by atoms with E-state index in [4.69, 9.17) is 0 Å². The fourth-order valence-corrected chi connectivity index (χ4v) is 4.63. The predicted octanol–water partition coefficient (Wildman–Crippen LogP) is 5.41. The monoisotopic (exact) mass is 431 g/mol. The molecule has 6 heteroatoms. The molecule has 2 aromatic carbocycles. The predicted molar refractivity (Wildman–Crippen MR) is 127 cm³/mol. The molecule has 0 unspecified atom stereocenters. The van der Waals surface area contributed by atoms with E-state index in [2.05, 4.69) is 17.2 Å². The van der Waals surface area contributed by atoms with Crippen molar-refractivity contribution < 1.29 is 4.79 Å². The Labute approximate surface area is 185 Å². The molecule has 158 valence electrons. The number of rotatable bonds is 7. The van der Waals surface area contributed by atoms with Gasteiger partial charge in [-0.05, 0) is 48.6 Å². The van der Waals surface area contributed by atoms with Gasteiger partial charge in [-0.1, -0.05) is 55.8 Å². The first kappa shape index (κ1) is 21.0. The minimum Gasteiger partial charge on any atom is -0.321 e. The number of anilines is 1. The zero-order valence-corrected chi connectivity index (χ0v) is 18.5. The number of carbonyl (C=O) groups is 1. The maximum Gasteiger partial charge on any atom is 0.266 e. The quantitative estimate of drug-likeness (QED) is 0.426. The maximum absolute atomic E-state index is 13.1. The molecule has 0 radical (unpaired) electrons. The van der Waals surface area contributed by atoms with E-state index in [9.17, 15) is 9.59 Å². The third-order valence-electron chi connectivity index (χ3n) is 5.35. The standard InChI is InChI=1S/C25H25N3O2S/c1-3-4-8-18-11-13-20(14-12-18)27-23(29)22-17(2)21-24(31-22)26-16-28(25(21)30)15-19-9-6-5-7-10-19/h5-7,9-14,16H,3-4,8,15H2,1-2H3,(H,27,29). The largest absolute Gasteiger partial charge is 0.321 e. The van der Waals surface area contributed by atoms with E-state index >= 15 is 0 Å². The molecule has 31 heavy (non-hydrogen) atoms. The van der Waals surface area contributed by atoms with Crippen LogP contribution in [0.1, 0.15) is 46.1 Å². The van der Waals surface area contributed by atoms with E-state index in [1.807, 2.05) is 61.5 Å². The van der Waals surface area contributed by atoms with Crippen molar-refractivity contribution in [3.8, 4) is 0 Å². The van der Waals surface area contributed by atoms with Crippen molar-refractivity contribution in [1.29, 1.82) is 0 Å². The van der Waals surface area contributed by atoms with Crippen LogP contribution in [0.3, 0.4) is 0 Å². The number of hydrogen-bond donors (Lipinski definition) is 1. The van der Waals surface area contributed by atoms with Crippen molar-refractivity contribution in [1.82, 2.24) is 9.55 Å². The molecule has 0 aliphatic heterocycles. The summed E-state index contributed by atoms with van der Waals surface area (Å²) >= 11 is 1.26. The zero-order chi connectivity index (χ0) is 21.8.